The summed E-state index contributed by atoms with van der Waals surface area (Å²) >= 11 is 6.44. The number of H-pyrrole nitrogens is 1. The van der Waals surface area contributed by atoms with E-state index in [2.05, 4.69) is 40.4 Å². The van der Waals surface area contributed by atoms with Crippen molar-refractivity contribution in [2.75, 3.05) is 39.4 Å². The molecule has 3 aromatic rings. The van der Waals surface area contributed by atoms with Crippen LogP contribution in [0.3, 0.4) is 0 Å². The molecule has 2 amide bonds. The van der Waals surface area contributed by atoms with E-state index in [1.807, 2.05) is 16.0 Å². The first-order valence-corrected chi connectivity index (χ1v) is 14.6. The van der Waals surface area contributed by atoms with E-state index in [0.29, 0.717) is 50.3 Å². The first-order valence-electron chi connectivity index (χ1n) is 14.2. The minimum atomic E-state index is 0.0283. The molecule has 5 heterocycles. The van der Waals surface area contributed by atoms with Crippen LogP contribution in [0.4, 0.5) is 4.79 Å². The summed E-state index contributed by atoms with van der Waals surface area (Å²) in [5, 5.41) is 5.35. The first kappa shape index (κ1) is 25.1. The van der Waals surface area contributed by atoms with E-state index in [1.165, 1.54) is 16.7 Å². The van der Waals surface area contributed by atoms with Gasteiger partial charge < -0.3 is 24.8 Å². The zero-order valence-corrected chi connectivity index (χ0v) is 23.0. The van der Waals surface area contributed by atoms with Gasteiger partial charge >= 0.3 is 6.03 Å². The summed E-state index contributed by atoms with van der Waals surface area (Å²) in [5.74, 6) is 0.419. The lowest BCUT2D eigenvalue weighted by molar-refractivity contribution is -0.126. The third kappa shape index (κ3) is 4.33. The smallest absolute Gasteiger partial charge is 0.320 e. The van der Waals surface area contributed by atoms with Gasteiger partial charge in [-0.25, -0.2) is 9.78 Å². The lowest BCUT2D eigenvalue weighted by atomic mass is 9.87. The zero-order chi connectivity index (χ0) is 26.7. The molecule has 3 atom stereocenters. The van der Waals surface area contributed by atoms with Crippen molar-refractivity contribution in [1.29, 1.82) is 0 Å². The predicted octanol–water partition coefficient (Wildman–Crippen LogP) is 4.50. The molecule has 2 unspecified atom stereocenters. The maximum Gasteiger partial charge on any atom is 0.320 e. The molecule has 0 radical (unpaired) electrons. The standard InChI is InChI=1S/C30H34ClN5O3/c1-2-22-24-11-21(12-33-29(24)34-28(22)31)20-9-17-5-7-35(15-25(17)23(10-20)26-16-39-8-6-32-26)30(38)36-13-18-3-4-19(14-36)27(18)37/h9-12,18-19,26,32H,2-8,13-16H2,1H3,(H,33,34)/t18?,19?,26-/m0/s1. The number of ketones is 1. The molecule has 1 aromatic carbocycles. The second-order valence-corrected chi connectivity index (χ2v) is 11.8. The summed E-state index contributed by atoms with van der Waals surface area (Å²) < 4.78 is 5.86. The van der Waals surface area contributed by atoms with Crippen molar-refractivity contribution >= 4 is 34.4 Å². The van der Waals surface area contributed by atoms with Gasteiger partial charge in [0.15, 0.2) is 0 Å². The molecule has 9 heteroatoms. The fourth-order valence-electron chi connectivity index (χ4n) is 7.04. The van der Waals surface area contributed by atoms with Gasteiger partial charge in [-0.1, -0.05) is 24.6 Å². The van der Waals surface area contributed by atoms with Gasteiger partial charge in [0, 0.05) is 61.7 Å². The Morgan fingerprint density at radius 2 is 1.97 bits per heavy atom. The third-order valence-corrected chi connectivity index (χ3v) is 9.48. The van der Waals surface area contributed by atoms with E-state index in [0.717, 1.165) is 60.0 Å². The molecule has 7 rings (SSSR count). The number of urea groups is 1. The van der Waals surface area contributed by atoms with Crippen LogP contribution in [0.15, 0.2) is 24.4 Å². The van der Waals surface area contributed by atoms with E-state index in [1.54, 1.807) is 0 Å². The van der Waals surface area contributed by atoms with E-state index in [9.17, 15) is 9.59 Å². The van der Waals surface area contributed by atoms with Crippen molar-refractivity contribution in [3.8, 4) is 11.1 Å². The van der Waals surface area contributed by atoms with Crippen molar-refractivity contribution in [2.24, 2.45) is 11.8 Å². The van der Waals surface area contributed by atoms with Crippen LogP contribution in [0.2, 0.25) is 5.15 Å². The molecule has 0 spiro atoms. The van der Waals surface area contributed by atoms with Crippen LogP contribution in [-0.2, 0) is 28.9 Å². The van der Waals surface area contributed by atoms with Gasteiger partial charge in [0.05, 0.1) is 19.3 Å². The number of morpholine rings is 1. The second kappa shape index (κ2) is 9.91. The normalized spacial score (nSPS) is 24.9. The molecule has 8 nitrogen and oxygen atoms in total. The molecular formula is C30H34ClN5O3. The highest BCUT2D eigenvalue weighted by atomic mass is 35.5. The highest BCUT2D eigenvalue weighted by molar-refractivity contribution is 6.31. The lowest BCUT2D eigenvalue weighted by Crippen LogP contribution is -2.52. The molecule has 2 aromatic heterocycles. The van der Waals surface area contributed by atoms with Crippen LogP contribution in [0.25, 0.3) is 22.2 Å². The number of piperidine rings is 1. The Morgan fingerprint density at radius 3 is 2.72 bits per heavy atom. The number of hydrogen-bond donors (Lipinski definition) is 2. The monoisotopic (exact) mass is 547 g/mol. The molecule has 4 aliphatic rings. The average molecular weight is 548 g/mol. The number of carbonyl (C=O) groups is 2. The van der Waals surface area contributed by atoms with Crippen LogP contribution in [0, 0.1) is 11.8 Å². The maximum atomic E-state index is 13.6. The Kier molecular flexibility index (Phi) is 6.37. The zero-order valence-electron chi connectivity index (χ0n) is 22.3. The van der Waals surface area contributed by atoms with Crippen molar-refractivity contribution in [3.63, 3.8) is 0 Å². The van der Waals surface area contributed by atoms with Crippen molar-refractivity contribution in [2.45, 2.75) is 45.2 Å². The van der Waals surface area contributed by atoms with Crippen molar-refractivity contribution in [3.05, 3.63) is 51.8 Å². The van der Waals surface area contributed by atoms with E-state index >= 15 is 0 Å². The number of rotatable bonds is 3. The summed E-state index contributed by atoms with van der Waals surface area (Å²) in [5.41, 5.74) is 7.75. The van der Waals surface area contributed by atoms with Crippen LogP contribution in [-0.4, -0.2) is 71.0 Å². The number of nitrogens with one attached hydrogen (secondary N) is 2. The summed E-state index contributed by atoms with van der Waals surface area (Å²) in [7, 11) is 0. The first-order chi connectivity index (χ1) is 19.0. The van der Waals surface area contributed by atoms with Crippen LogP contribution in [0.1, 0.15) is 48.1 Å². The highest BCUT2D eigenvalue weighted by Crippen LogP contribution is 2.37. The summed E-state index contributed by atoms with van der Waals surface area (Å²) in [4.78, 5) is 37.8. The number of likely N-dealkylation sites (tertiary alicyclic amines) is 1. The Morgan fingerprint density at radius 1 is 1.15 bits per heavy atom. The number of benzene rings is 1. The van der Waals surface area contributed by atoms with Crippen LogP contribution in [0.5, 0.6) is 0 Å². The number of hydrogen-bond acceptors (Lipinski definition) is 5. The summed E-state index contributed by atoms with van der Waals surface area (Å²) in [6.45, 7) is 6.60. The number of carbonyl (C=O) groups excluding carboxylic acids is 2. The van der Waals surface area contributed by atoms with Crippen LogP contribution >= 0.6 is 11.6 Å². The number of nitrogens with zero attached hydrogens (tertiary/aromatic N) is 3. The average Bonchev–Trinajstić information content (AvgIpc) is 3.37. The van der Waals surface area contributed by atoms with Gasteiger partial charge in [0.1, 0.15) is 16.6 Å². The maximum absolute atomic E-state index is 13.6. The molecular weight excluding hydrogens is 514 g/mol. The SMILES string of the molecule is CCc1c(Cl)[nH]c2ncc(-c3cc4c(c([C@@H]5COCCN5)c3)CN(C(=O)N3CC5CCC(C3)C5=O)CC4)cc12. The fraction of sp³-hybridized carbons (Fsp3) is 0.500. The number of pyridine rings is 1. The molecule has 1 aliphatic carbocycles. The minimum Gasteiger partial charge on any atom is -0.378 e. The number of halogens is 1. The second-order valence-electron chi connectivity index (χ2n) is 11.4. The van der Waals surface area contributed by atoms with Crippen molar-refractivity contribution < 1.29 is 14.3 Å². The Hall–Kier alpha value is -2.94. The quantitative estimate of drug-likeness (QED) is 0.504. The molecule has 3 fully saturated rings. The van der Waals surface area contributed by atoms with Gasteiger partial charge in [-0.05, 0) is 65.6 Å². The number of ether oxygens (including phenoxy) is 1. The van der Waals surface area contributed by atoms with E-state index < -0.39 is 0 Å². The number of aromatic amines is 1. The molecule has 39 heavy (non-hydrogen) atoms. The van der Waals surface area contributed by atoms with E-state index in [4.69, 9.17) is 16.3 Å². The van der Waals surface area contributed by atoms with Gasteiger partial charge in [-0.2, -0.15) is 0 Å². The minimum absolute atomic E-state index is 0.0283. The number of Topliss-reactive ketones (excluding diaryl/α,β-unsaturated/α-hetero) is 1. The Labute approximate surface area is 233 Å². The van der Waals surface area contributed by atoms with E-state index in [-0.39, 0.29) is 23.9 Å². The molecule has 2 bridgehead atoms. The van der Waals surface area contributed by atoms with Gasteiger partial charge in [0.2, 0.25) is 0 Å². The molecule has 3 aliphatic heterocycles. The molecule has 2 saturated heterocycles. The summed E-state index contributed by atoms with van der Waals surface area (Å²) in [6, 6.07) is 6.84. The molecule has 2 N–H and O–H groups in total. The number of aromatic nitrogens is 2. The Balaban J connectivity index is 1.23. The fourth-order valence-corrected chi connectivity index (χ4v) is 7.37. The number of aryl methyl sites for hydroxylation is 1. The van der Waals surface area contributed by atoms with Gasteiger partial charge in [-0.3, -0.25) is 4.79 Å². The van der Waals surface area contributed by atoms with Gasteiger partial charge in [0.25, 0.3) is 0 Å². The topological polar surface area (TPSA) is 90.6 Å². The van der Waals surface area contributed by atoms with Crippen LogP contribution < -0.4 is 5.32 Å². The highest BCUT2D eigenvalue weighted by Gasteiger charge is 2.43. The number of amides is 2. The predicted molar refractivity (Wildman–Crippen MR) is 150 cm³/mol. The molecule has 204 valence electrons. The lowest BCUT2D eigenvalue weighted by Gasteiger charge is -2.38. The largest absolute Gasteiger partial charge is 0.378 e. The van der Waals surface area contributed by atoms with Crippen molar-refractivity contribution in [1.82, 2.24) is 25.1 Å². The third-order valence-electron chi connectivity index (χ3n) is 9.16. The van der Waals surface area contributed by atoms with Gasteiger partial charge in [-0.15, -0.1) is 0 Å². The summed E-state index contributed by atoms with van der Waals surface area (Å²) in [6.07, 6.45) is 5.38. The Bertz CT molecular complexity index is 1450. The number of fused-ring (bicyclic) bond motifs is 4. The molecule has 1 saturated carbocycles.